The van der Waals surface area contributed by atoms with Gasteiger partial charge in [-0.1, -0.05) is 13.3 Å². The van der Waals surface area contributed by atoms with Crippen LogP contribution in [0.4, 0.5) is 0 Å². The third-order valence-corrected chi connectivity index (χ3v) is 6.19. The first-order valence-electron chi connectivity index (χ1n) is 10.3. The Hall–Kier alpha value is -1.95. The summed E-state index contributed by atoms with van der Waals surface area (Å²) in [6.07, 6.45) is 8.86. The normalized spacial score (nSPS) is 27.2. The Bertz CT molecular complexity index is 817. The minimum Gasteiger partial charge on any atom is -0.378 e. The molecule has 6 nitrogen and oxygen atoms in total. The molecule has 4 rings (SSSR count). The molecular formula is C21H30N4O2. The molecule has 0 saturated heterocycles. The molecule has 2 fully saturated rings. The maximum atomic E-state index is 12.9. The summed E-state index contributed by atoms with van der Waals surface area (Å²) < 4.78 is 8.06. The van der Waals surface area contributed by atoms with E-state index >= 15 is 0 Å². The minimum absolute atomic E-state index is 0.107. The van der Waals surface area contributed by atoms with E-state index in [1.165, 1.54) is 19.3 Å². The zero-order chi connectivity index (χ0) is 19.0. The van der Waals surface area contributed by atoms with Gasteiger partial charge in [-0.15, -0.1) is 0 Å². The van der Waals surface area contributed by atoms with Crippen molar-refractivity contribution in [2.24, 2.45) is 11.8 Å². The number of imidazole rings is 1. The number of fused-ring (bicyclic) bond motifs is 3. The fraction of sp³-hybridized carbons (Fsp3) is 0.667. The van der Waals surface area contributed by atoms with Crippen LogP contribution in [0.25, 0.3) is 5.65 Å². The molecule has 1 N–H and O–H groups in total. The maximum Gasteiger partial charge on any atom is 0.274 e. The highest BCUT2D eigenvalue weighted by Crippen LogP contribution is 2.44. The SMILES string of the molecule is CCCCOC1C2CCC1CC(NC(=O)c1ncn3c(C)cc(C)nc13)C2. The van der Waals surface area contributed by atoms with Gasteiger partial charge in [0.15, 0.2) is 11.3 Å². The van der Waals surface area contributed by atoms with Crippen LogP contribution in [0, 0.1) is 25.7 Å². The van der Waals surface area contributed by atoms with E-state index in [-0.39, 0.29) is 11.9 Å². The van der Waals surface area contributed by atoms with Crippen molar-refractivity contribution >= 4 is 11.6 Å². The van der Waals surface area contributed by atoms with Crippen LogP contribution < -0.4 is 5.32 Å². The number of unbranched alkanes of at least 4 members (excludes halogenated alkanes) is 1. The molecular weight excluding hydrogens is 340 g/mol. The summed E-state index contributed by atoms with van der Waals surface area (Å²) >= 11 is 0. The topological polar surface area (TPSA) is 68.5 Å². The standard InChI is InChI=1S/C21H30N4O2/c1-4-5-8-27-19-15-6-7-16(19)11-17(10-15)24-21(26)18-20-23-13(2)9-14(3)25(20)12-22-18/h9,12,15-17,19H,4-8,10-11H2,1-3H3,(H,24,26). The zero-order valence-corrected chi connectivity index (χ0v) is 16.6. The van der Waals surface area contributed by atoms with Crippen molar-refractivity contribution in [1.82, 2.24) is 19.7 Å². The largest absolute Gasteiger partial charge is 0.378 e. The third-order valence-electron chi connectivity index (χ3n) is 6.19. The van der Waals surface area contributed by atoms with E-state index in [1.54, 1.807) is 6.33 Å². The summed E-state index contributed by atoms with van der Waals surface area (Å²) in [5.74, 6) is 1.05. The van der Waals surface area contributed by atoms with Gasteiger partial charge in [0.05, 0.1) is 6.10 Å². The summed E-state index contributed by atoms with van der Waals surface area (Å²) in [6.45, 7) is 7.01. The summed E-state index contributed by atoms with van der Waals surface area (Å²) in [6, 6.07) is 2.21. The maximum absolute atomic E-state index is 12.9. The third kappa shape index (κ3) is 3.59. The van der Waals surface area contributed by atoms with Crippen molar-refractivity contribution < 1.29 is 9.53 Å². The van der Waals surface area contributed by atoms with Gasteiger partial charge in [-0.2, -0.15) is 0 Å². The van der Waals surface area contributed by atoms with E-state index in [0.717, 1.165) is 37.3 Å². The molecule has 2 aromatic rings. The Kier molecular flexibility index (Phi) is 5.17. The lowest BCUT2D eigenvalue weighted by molar-refractivity contribution is -0.0263. The average molecular weight is 370 g/mol. The summed E-state index contributed by atoms with van der Waals surface area (Å²) in [7, 11) is 0. The molecule has 146 valence electrons. The van der Waals surface area contributed by atoms with Crippen molar-refractivity contribution in [2.45, 2.75) is 71.4 Å². The number of aryl methyl sites for hydroxylation is 2. The molecule has 6 heteroatoms. The molecule has 0 radical (unpaired) electrons. The Morgan fingerprint density at radius 2 is 2.04 bits per heavy atom. The van der Waals surface area contributed by atoms with Gasteiger partial charge in [0.25, 0.3) is 5.91 Å². The molecule has 0 aliphatic heterocycles. The number of nitrogens with one attached hydrogen (secondary N) is 1. The first kappa shape index (κ1) is 18.4. The Balaban J connectivity index is 1.43. The number of hydrogen-bond acceptors (Lipinski definition) is 4. The van der Waals surface area contributed by atoms with Crippen LogP contribution in [0.2, 0.25) is 0 Å². The first-order valence-corrected chi connectivity index (χ1v) is 10.3. The zero-order valence-electron chi connectivity index (χ0n) is 16.6. The highest BCUT2D eigenvalue weighted by Gasteiger charge is 2.43. The van der Waals surface area contributed by atoms with Crippen molar-refractivity contribution in [1.29, 1.82) is 0 Å². The summed E-state index contributed by atoms with van der Waals surface area (Å²) in [4.78, 5) is 21.7. The number of rotatable bonds is 6. The molecule has 2 aliphatic rings. The smallest absolute Gasteiger partial charge is 0.274 e. The Labute approximate surface area is 160 Å². The lowest BCUT2D eigenvalue weighted by atomic mass is 9.82. The lowest BCUT2D eigenvalue weighted by Crippen LogP contribution is -2.44. The van der Waals surface area contributed by atoms with Gasteiger partial charge >= 0.3 is 0 Å². The molecule has 27 heavy (non-hydrogen) atoms. The number of carbonyl (C=O) groups is 1. The molecule has 2 bridgehead atoms. The van der Waals surface area contributed by atoms with Gasteiger partial charge in [-0.3, -0.25) is 9.20 Å². The van der Waals surface area contributed by atoms with Crippen LogP contribution in [0.1, 0.15) is 67.3 Å². The van der Waals surface area contributed by atoms with Crippen molar-refractivity contribution in [3.63, 3.8) is 0 Å². The minimum atomic E-state index is -0.107. The molecule has 0 spiro atoms. The van der Waals surface area contributed by atoms with E-state index in [4.69, 9.17) is 4.74 Å². The first-order chi connectivity index (χ1) is 13.1. The van der Waals surface area contributed by atoms with Gasteiger partial charge in [0.2, 0.25) is 0 Å². The van der Waals surface area contributed by atoms with Gasteiger partial charge in [0.1, 0.15) is 6.33 Å². The highest BCUT2D eigenvalue weighted by molar-refractivity contribution is 5.98. The highest BCUT2D eigenvalue weighted by atomic mass is 16.5. The van der Waals surface area contributed by atoms with Crippen molar-refractivity contribution in [3.05, 3.63) is 29.5 Å². The van der Waals surface area contributed by atoms with Gasteiger partial charge < -0.3 is 10.1 Å². The van der Waals surface area contributed by atoms with E-state index in [0.29, 0.717) is 29.3 Å². The number of ether oxygens (including phenoxy) is 1. The number of nitrogens with zero attached hydrogens (tertiary/aromatic N) is 3. The molecule has 2 atom stereocenters. The molecule has 2 aromatic heterocycles. The second-order valence-corrected chi connectivity index (χ2v) is 8.25. The second-order valence-electron chi connectivity index (χ2n) is 8.25. The predicted molar refractivity (Wildman–Crippen MR) is 104 cm³/mol. The molecule has 2 saturated carbocycles. The number of hydrogen-bond donors (Lipinski definition) is 1. The summed E-state index contributed by atoms with van der Waals surface area (Å²) in [5.41, 5.74) is 3.00. The van der Waals surface area contributed by atoms with Gasteiger partial charge in [-0.05, 0) is 63.9 Å². The van der Waals surface area contributed by atoms with Gasteiger partial charge in [0, 0.05) is 24.0 Å². The second kappa shape index (κ2) is 7.58. The predicted octanol–water partition coefficient (Wildman–Crippen LogP) is 3.45. The van der Waals surface area contributed by atoms with E-state index < -0.39 is 0 Å². The Morgan fingerprint density at radius 3 is 2.74 bits per heavy atom. The van der Waals surface area contributed by atoms with Crippen molar-refractivity contribution in [2.75, 3.05) is 6.61 Å². The Morgan fingerprint density at radius 1 is 1.30 bits per heavy atom. The van der Waals surface area contributed by atoms with Crippen LogP contribution in [-0.4, -0.2) is 39.0 Å². The van der Waals surface area contributed by atoms with E-state index in [9.17, 15) is 4.79 Å². The van der Waals surface area contributed by atoms with Crippen LogP contribution in [0.5, 0.6) is 0 Å². The molecule has 2 unspecified atom stereocenters. The molecule has 2 heterocycles. The monoisotopic (exact) mass is 370 g/mol. The molecule has 1 amide bonds. The quantitative estimate of drug-likeness (QED) is 0.791. The van der Waals surface area contributed by atoms with Crippen LogP contribution in [0.15, 0.2) is 12.4 Å². The van der Waals surface area contributed by atoms with Crippen molar-refractivity contribution in [3.8, 4) is 0 Å². The molecule has 2 aliphatic carbocycles. The summed E-state index contributed by atoms with van der Waals surface area (Å²) in [5, 5.41) is 3.23. The molecule has 0 aromatic carbocycles. The average Bonchev–Trinajstić information content (AvgIpc) is 3.14. The van der Waals surface area contributed by atoms with Gasteiger partial charge in [-0.25, -0.2) is 9.97 Å². The van der Waals surface area contributed by atoms with E-state index in [2.05, 4.69) is 22.2 Å². The number of aromatic nitrogens is 3. The van der Waals surface area contributed by atoms with Crippen LogP contribution in [0.3, 0.4) is 0 Å². The van der Waals surface area contributed by atoms with Crippen LogP contribution in [-0.2, 0) is 4.74 Å². The lowest BCUT2D eigenvalue weighted by Gasteiger charge is -2.35. The fourth-order valence-corrected chi connectivity index (χ4v) is 4.92. The van der Waals surface area contributed by atoms with Crippen LogP contribution >= 0.6 is 0 Å². The van der Waals surface area contributed by atoms with E-state index in [1.807, 2.05) is 24.3 Å². The fourth-order valence-electron chi connectivity index (χ4n) is 4.92. The number of amides is 1. The number of carbonyl (C=O) groups excluding carboxylic acids is 1.